The van der Waals surface area contributed by atoms with Crippen molar-refractivity contribution in [1.82, 2.24) is 10.2 Å². The highest BCUT2D eigenvalue weighted by atomic mass is 35.5. The Labute approximate surface area is 195 Å². The first kappa shape index (κ1) is 25.3. The SMILES string of the molecule is CCCCNC(=O)[C@@H](CC)N(Cc1ccc(Cl)cc1)C(=O)CSCc1ccccc1C. The van der Waals surface area contributed by atoms with E-state index in [2.05, 4.69) is 31.3 Å². The molecule has 0 aliphatic rings. The van der Waals surface area contributed by atoms with Gasteiger partial charge in [-0.15, -0.1) is 11.8 Å². The molecule has 2 amide bonds. The van der Waals surface area contributed by atoms with Gasteiger partial charge in [-0.2, -0.15) is 0 Å². The van der Waals surface area contributed by atoms with E-state index in [-0.39, 0.29) is 11.8 Å². The van der Waals surface area contributed by atoms with E-state index in [1.165, 1.54) is 11.1 Å². The number of carbonyl (C=O) groups is 2. The monoisotopic (exact) mass is 460 g/mol. The minimum atomic E-state index is -0.487. The summed E-state index contributed by atoms with van der Waals surface area (Å²) in [6.45, 7) is 7.15. The lowest BCUT2D eigenvalue weighted by molar-refractivity contribution is -0.139. The van der Waals surface area contributed by atoms with Gasteiger partial charge in [0.15, 0.2) is 0 Å². The van der Waals surface area contributed by atoms with E-state index in [0.717, 1.165) is 24.2 Å². The van der Waals surface area contributed by atoms with Gasteiger partial charge in [-0.05, 0) is 48.6 Å². The first-order chi connectivity index (χ1) is 15.0. The molecule has 0 aromatic heterocycles. The van der Waals surface area contributed by atoms with Crippen LogP contribution in [0.3, 0.4) is 0 Å². The molecule has 0 aliphatic heterocycles. The molecule has 0 bridgehead atoms. The van der Waals surface area contributed by atoms with Crippen LogP contribution in [-0.4, -0.2) is 35.1 Å². The summed E-state index contributed by atoms with van der Waals surface area (Å²) in [5, 5.41) is 3.65. The Bertz CT molecular complexity index is 842. The highest BCUT2D eigenvalue weighted by Gasteiger charge is 2.28. The van der Waals surface area contributed by atoms with Gasteiger partial charge in [0, 0.05) is 23.9 Å². The largest absolute Gasteiger partial charge is 0.354 e. The van der Waals surface area contributed by atoms with Gasteiger partial charge in [-0.3, -0.25) is 9.59 Å². The van der Waals surface area contributed by atoms with Crippen molar-refractivity contribution in [2.75, 3.05) is 12.3 Å². The molecular formula is C25H33ClN2O2S. The second kappa shape index (κ2) is 13.4. The van der Waals surface area contributed by atoms with Crippen molar-refractivity contribution in [3.63, 3.8) is 0 Å². The van der Waals surface area contributed by atoms with E-state index in [4.69, 9.17) is 11.6 Å². The molecule has 4 nitrogen and oxygen atoms in total. The molecular weight excluding hydrogens is 428 g/mol. The maximum absolute atomic E-state index is 13.2. The maximum atomic E-state index is 13.2. The molecule has 0 spiro atoms. The van der Waals surface area contributed by atoms with Gasteiger partial charge >= 0.3 is 0 Å². The fourth-order valence-corrected chi connectivity index (χ4v) is 4.43. The van der Waals surface area contributed by atoms with Gasteiger partial charge in [0.25, 0.3) is 0 Å². The lowest BCUT2D eigenvalue weighted by atomic mass is 10.1. The van der Waals surface area contributed by atoms with Crippen LogP contribution in [0.15, 0.2) is 48.5 Å². The summed E-state index contributed by atoms with van der Waals surface area (Å²) >= 11 is 7.60. The third kappa shape index (κ3) is 8.23. The molecule has 2 rings (SSSR count). The van der Waals surface area contributed by atoms with Crippen LogP contribution in [-0.2, 0) is 21.9 Å². The number of carbonyl (C=O) groups excluding carboxylic acids is 2. The number of benzene rings is 2. The molecule has 0 radical (unpaired) electrons. The number of amides is 2. The van der Waals surface area contributed by atoms with E-state index >= 15 is 0 Å². The number of unbranched alkanes of at least 4 members (excludes halogenated alkanes) is 1. The molecule has 2 aromatic rings. The van der Waals surface area contributed by atoms with Crippen LogP contribution >= 0.6 is 23.4 Å². The van der Waals surface area contributed by atoms with Gasteiger partial charge in [0.05, 0.1) is 5.75 Å². The fraction of sp³-hybridized carbons (Fsp3) is 0.440. The van der Waals surface area contributed by atoms with Crippen LogP contribution in [0.1, 0.15) is 49.8 Å². The van der Waals surface area contributed by atoms with Crippen LogP contribution in [0.25, 0.3) is 0 Å². The summed E-state index contributed by atoms with van der Waals surface area (Å²) in [7, 11) is 0. The first-order valence-corrected chi connectivity index (χ1v) is 12.4. The van der Waals surface area contributed by atoms with Gasteiger partial charge in [-0.25, -0.2) is 0 Å². The van der Waals surface area contributed by atoms with Gasteiger partial charge < -0.3 is 10.2 Å². The minimum absolute atomic E-state index is 0.0222. The summed E-state index contributed by atoms with van der Waals surface area (Å²) < 4.78 is 0. The van der Waals surface area contributed by atoms with Crippen molar-refractivity contribution in [2.45, 2.75) is 58.4 Å². The number of halogens is 1. The normalized spacial score (nSPS) is 11.7. The molecule has 0 aliphatic carbocycles. The summed E-state index contributed by atoms with van der Waals surface area (Å²) in [5.74, 6) is 1.00. The Morgan fingerprint density at radius 1 is 1.10 bits per heavy atom. The van der Waals surface area contributed by atoms with E-state index in [1.807, 2.05) is 43.3 Å². The molecule has 0 fully saturated rings. The molecule has 168 valence electrons. The molecule has 31 heavy (non-hydrogen) atoms. The van der Waals surface area contributed by atoms with Crippen LogP contribution in [0, 0.1) is 6.92 Å². The number of nitrogens with zero attached hydrogens (tertiary/aromatic N) is 1. The summed E-state index contributed by atoms with van der Waals surface area (Å²) in [6.07, 6.45) is 2.51. The van der Waals surface area contributed by atoms with E-state index in [1.54, 1.807) is 16.7 Å². The number of aryl methyl sites for hydroxylation is 1. The van der Waals surface area contributed by atoms with Gasteiger partial charge in [-0.1, -0.05) is 68.3 Å². The van der Waals surface area contributed by atoms with Crippen molar-refractivity contribution in [2.24, 2.45) is 0 Å². The molecule has 0 unspecified atom stereocenters. The van der Waals surface area contributed by atoms with Crippen LogP contribution in [0.4, 0.5) is 0 Å². The predicted molar refractivity (Wildman–Crippen MR) is 131 cm³/mol. The lowest BCUT2D eigenvalue weighted by Crippen LogP contribution is -2.49. The molecule has 0 saturated heterocycles. The van der Waals surface area contributed by atoms with Gasteiger partial charge in [0.1, 0.15) is 6.04 Å². The molecule has 1 atom stereocenters. The van der Waals surface area contributed by atoms with Crippen LogP contribution < -0.4 is 5.32 Å². The maximum Gasteiger partial charge on any atom is 0.242 e. The number of nitrogens with one attached hydrogen (secondary N) is 1. The predicted octanol–water partition coefficient (Wildman–Crippen LogP) is 5.61. The zero-order chi connectivity index (χ0) is 22.6. The minimum Gasteiger partial charge on any atom is -0.354 e. The van der Waals surface area contributed by atoms with E-state index in [9.17, 15) is 9.59 Å². The average Bonchev–Trinajstić information content (AvgIpc) is 2.76. The molecule has 0 saturated carbocycles. The number of hydrogen-bond donors (Lipinski definition) is 1. The van der Waals surface area contributed by atoms with Crippen LogP contribution in [0.5, 0.6) is 0 Å². The van der Waals surface area contributed by atoms with E-state index < -0.39 is 6.04 Å². The van der Waals surface area contributed by atoms with Crippen molar-refractivity contribution in [3.05, 3.63) is 70.2 Å². The zero-order valence-corrected chi connectivity index (χ0v) is 20.3. The Morgan fingerprint density at radius 3 is 2.45 bits per heavy atom. The van der Waals surface area contributed by atoms with Crippen molar-refractivity contribution >= 4 is 35.2 Å². The van der Waals surface area contributed by atoms with Crippen molar-refractivity contribution in [1.29, 1.82) is 0 Å². The molecule has 0 heterocycles. The first-order valence-electron chi connectivity index (χ1n) is 10.9. The fourth-order valence-electron chi connectivity index (χ4n) is 3.32. The topological polar surface area (TPSA) is 49.4 Å². The smallest absolute Gasteiger partial charge is 0.242 e. The third-order valence-corrected chi connectivity index (χ3v) is 6.44. The Kier molecular flexibility index (Phi) is 11.0. The summed E-state index contributed by atoms with van der Waals surface area (Å²) in [5.41, 5.74) is 3.41. The number of thioether (sulfide) groups is 1. The quantitative estimate of drug-likeness (QED) is 0.419. The summed E-state index contributed by atoms with van der Waals surface area (Å²) in [6, 6.07) is 15.2. The van der Waals surface area contributed by atoms with Crippen LogP contribution in [0.2, 0.25) is 5.02 Å². The highest BCUT2D eigenvalue weighted by molar-refractivity contribution is 7.99. The second-order valence-corrected chi connectivity index (χ2v) is 9.06. The standard InChI is InChI=1S/C25H33ClN2O2S/c1-4-6-15-27-25(30)23(5-2)28(16-20-11-13-22(26)14-12-20)24(29)18-31-17-21-10-8-7-9-19(21)3/h7-14,23H,4-6,15-18H2,1-3H3,(H,27,30)/t23-/m1/s1. The second-order valence-electron chi connectivity index (χ2n) is 7.64. The summed E-state index contributed by atoms with van der Waals surface area (Å²) in [4.78, 5) is 27.8. The Balaban J connectivity index is 2.10. The highest BCUT2D eigenvalue weighted by Crippen LogP contribution is 2.19. The van der Waals surface area contributed by atoms with Crippen molar-refractivity contribution in [3.8, 4) is 0 Å². The Morgan fingerprint density at radius 2 is 1.81 bits per heavy atom. The van der Waals surface area contributed by atoms with E-state index in [0.29, 0.717) is 30.3 Å². The van der Waals surface area contributed by atoms with Crippen molar-refractivity contribution < 1.29 is 9.59 Å². The van der Waals surface area contributed by atoms with Gasteiger partial charge in [0.2, 0.25) is 11.8 Å². The number of rotatable bonds is 12. The molecule has 1 N–H and O–H groups in total. The third-order valence-electron chi connectivity index (χ3n) is 5.23. The number of hydrogen-bond acceptors (Lipinski definition) is 3. The molecule has 2 aromatic carbocycles. The average molecular weight is 461 g/mol. The molecule has 6 heteroatoms. The lowest BCUT2D eigenvalue weighted by Gasteiger charge is -2.30. The Hall–Kier alpha value is -1.98. The zero-order valence-electron chi connectivity index (χ0n) is 18.7.